The minimum Gasteiger partial charge on any atom is -0.487 e. The van der Waals surface area contributed by atoms with Crippen molar-refractivity contribution in [1.29, 1.82) is 0 Å². The van der Waals surface area contributed by atoms with Crippen LogP contribution in [-0.4, -0.2) is 35.3 Å². The van der Waals surface area contributed by atoms with E-state index < -0.39 is 0 Å². The molecule has 0 atom stereocenters. The summed E-state index contributed by atoms with van der Waals surface area (Å²) in [6.07, 6.45) is 0. The molecule has 0 saturated carbocycles. The standard InChI is InChI=1S/C21H20BrN3O3S/c1-14-23-16(13-29-14)12-28-17-7-5-6-15(10-17)21(27)25(2)11-20(26)24-19-9-4-3-8-18(19)22/h3-10,13H,11-12H2,1-2H3,(H,24,26). The van der Waals surface area contributed by atoms with Crippen molar-refractivity contribution in [2.75, 3.05) is 18.9 Å². The molecule has 1 aromatic heterocycles. The van der Waals surface area contributed by atoms with Gasteiger partial charge in [-0.25, -0.2) is 4.98 Å². The fourth-order valence-corrected chi connectivity index (χ4v) is 3.59. The number of ether oxygens (including phenoxy) is 1. The van der Waals surface area contributed by atoms with E-state index in [0.717, 1.165) is 15.2 Å². The fourth-order valence-electron chi connectivity index (χ4n) is 2.61. The van der Waals surface area contributed by atoms with Crippen molar-refractivity contribution >= 4 is 44.8 Å². The van der Waals surface area contributed by atoms with Crippen molar-refractivity contribution in [1.82, 2.24) is 9.88 Å². The summed E-state index contributed by atoms with van der Waals surface area (Å²) in [5.74, 6) is 0.0360. The van der Waals surface area contributed by atoms with E-state index in [0.29, 0.717) is 23.6 Å². The Balaban J connectivity index is 1.58. The lowest BCUT2D eigenvalue weighted by Gasteiger charge is -2.17. The lowest BCUT2D eigenvalue weighted by atomic mass is 10.2. The van der Waals surface area contributed by atoms with E-state index in [1.54, 1.807) is 48.7 Å². The Bertz CT molecular complexity index is 1020. The van der Waals surface area contributed by atoms with Crippen molar-refractivity contribution in [2.24, 2.45) is 0 Å². The molecule has 29 heavy (non-hydrogen) atoms. The molecule has 150 valence electrons. The quantitative estimate of drug-likeness (QED) is 0.547. The normalized spacial score (nSPS) is 10.4. The Morgan fingerprint density at radius 1 is 1.21 bits per heavy atom. The largest absolute Gasteiger partial charge is 0.487 e. The number of amides is 2. The number of rotatable bonds is 7. The van der Waals surface area contributed by atoms with Crippen LogP contribution in [0.1, 0.15) is 21.1 Å². The monoisotopic (exact) mass is 473 g/mol. The van der Waals surface area contributed by atoms with Crippen molar-refractivity contribution in [3.8, 4) is 5.75 Å². The molecule has 0 aliphatic heterocycles. The first-order chi connectivity index (χ1) is 13.9. The number of hydrogen-bond acceptors (Lipinski definition) is 5. The minimum atomic E-state index is -0.279. The third kappa shape index (κ3) is 5.88. The number of carbonyl (C=O) groups is 2. The number of nitrogens with zero attached hydrogens (tertiary/aromatic N) is 2. The number of likely N-dealkylation sites (N-methyl/N-ethyl adjacent to an activating group) is 1. The number of benzene rings is 2. The molecule has 0 fully saturated rings. The minimum absolute atomic E-state index is 0.0661. The van der Waals surface area contributed by atoms with Crippen LogP contribution in [0.2, 0.25) is 0 Å². The van der Waals surface area contributed by atoms with Gasteiger partial charge in [0.2, 0.25) is 5.91 Å². The van der Waals surface area contributed by atoms with Crippen LogP contribution in [0.15, 0.2) is 58.4 Å². The van der Waals surface area contributed by atoms with Crippen LogP contribution in [0, 0.1) is 6.92 Å². The molecular weight excluding hydrogens is 454 g/mol. The molecule has 0 aliphatic rings. The SMILES string of the molecule is Cc1nc(COc2cccc(C(=O)N(C)CC(=O)Nc3ccccc3Br)c2)cs1. The predicted octanol–water partition coefficient (Wildman–Crippen LogP) is 4.50. The number of hydrogen-bond donors (Lipinski definition) is 1. The summed E-state index contributed by atoms with van der Waals surface area (Å²) in [6.45, 7) is 2.21. The van der Waals surface area contributed by atoms with Gasteiger partial charge < -0.3 is 15.0 Å². The second-order valence-corrected chi connectivity index (χ2v) is 8.28. The van der Waals surface area contributed by atoms with Gasteiger partial charge >= 0.3 is 0 Å². The second-order valence-electron chi connectivity index (χ2n) is 6.36. The van der Waals surface area contributed by atoms with E-state index in [1.165, 1.54) is 4.90 Å². The summed E-state index contributed by atoms with van der Waals surface area (Å²) in [6, 6.07) is 14.2. The molecule has 1 N–H and O–H groups in total. The van der Waals surface area contributed by atoms with Crippen molar-refractivity contribution in [2.45, 2.75) is 13.5 Å². The number of carbonyl (C=O) groups excluding carboxylic acids is 2. The first kappa shape index (κ1) is 21.0. The van der Waals surface area contributed by atoms with Gasteiger partial charge in [0.05, 0.1) is 22.9 Å². The molecule has 2 amide bonds. The Morgan fingerprint density at radius 2 is 2.00 bits per heavy atom. The summed E-state index contributed by atoms with van der Waals surface area (Å²) < 4.78 is 6.52. The molecular formula is C21H20BrN3O3S. The Labute approximate surface area is 181 Å². The Hall–Kier alpha value is -2.71. The van der Waals surface area contributed by atoms with Gasteiger partial charge in [-0.2, -0.15) is 0 Å². The van der Waals surface area contributed by atoms with E-state index in [1.807, 2.05) is 30.5 Å². The molecule has 3 rings (SSSR count). The highest BCUT2D eigenvalue weighted by atomic mass is 79.9. The highest BCUT2D eigenvalue weighted by molar-refractivity contribution is 9.10. The second kappa shape index (κ2) is 9.67. The third-order valence-electron chi connectivity index (χ3n) is 4.01. The first-order valence-electron chi connectivity index (χ1n) is 8.86. The van der Waals surface area contributed by atoms with E-state index in [-0.39, 0.29) is 18.4 Å². The van der Waals surface area contributed by atoms with Crippen LogP contribution in [0.25, 0.3) is 0 Å². The zero-order valence-electron chi connectivity index (χ0n) is 16.0. The number of aryl methyl sites for hydroxylation is 1. The molecule has 0 unspecified atom stereocenters. The molecule has 2 aromatic carbocycles. The average Bonchev–Trinajstić information content (AvgIpc) is 3.13. The summed E-state index contributed by atoms with van der Waals surface area (Å²) in [4.78, 5) is 30.7. The lowest BCUT2D eigenvalue weighted by Crippen LogP contribution is -2.35. The molecule has 0 saturated heterocycles. The Kier molecular flexibility index (Phi) is 7.00. The van der Waals surface area contributed by atoms with Gasteiger partial charge in [-0.3, -0.25) is 9.59 Å². The van der Waals surface area contributed by atoms with E-state index in [2.05, 4.69) is 26.2 Å². The van der Waals surface area contributed by atoms with Gasteiger partial charge in [0.25, 0.3) is 5.91 Å². The molecule has 0 aliphatic carbocycles. The highest BCUT2D eigenvalue weighted by Crippen LogP contribution is 2.21. The maximum Gasteiger partial charge on any atom is 0.254 e. The number of anilines is 1. The predicted molar refractivity (Wildman–Crippen MR) is 117 cm³/mol. The highest BCUT2D eigenvalue weighted by Gasteiger charge is 2.16. The average molecular weight is 474 g/mol. The van der Waals surface area contributed by atoms with Crippen molar-refractivity contribution in [3.05, 3.63) is 74.6 Å². The van der Waals surface area contributed by atoms with Crippen LogP contribution in [0.5, 0.6) is 5.75 Å². The number of thiazole rings is 1. The van der Waals surface area contributed by atoms with Gasteiger partial charge in [-0.1, -0.05) is 18.2 Å². The van der Waals surface area contributed by atoms with Crippen molar-refractivity contribution < 1.29 is 14.3 Å². The summed E-state index contributed by atoms with van der Waals surface area (Å²) in [5.41, 5.74) is 1.96. The van der Waals surface area contributed by atoms with Crippen LogP contribution in [0.3, 0.4) is 0 Å². The van der Waals surface area contributed by atoms with Gasteiger partial charge in [0, 0.05) is 22.5 Å². The fraction of sp³-hybridized carbons (Fsp3) is 0.190. The van der Waals surface area contributed by atoms with E-state index in [9.17, 15) is 9.59 Å². The maximum atomic E-state index is 12.7. The maximum absolute atomic E-state index is 12.7. The molecule has 8 heteroatoms. The van der Waals surface area contributed by atoms with Crippen LogP contribution in [-0.2, 0) is 11.4 Å². The molecule has 1 heterocycles. The van der Waals surface area contributed by atoms with E-state index >= 15 is 0 Å². The zero-order valence-corrected chi connectivity index (χ0v) is 18.4. The number of aromatic nitrogens is 1. The third-order valence-corrected chi connectivity index (χ3v) is 5.52. The topological polar surface area (TPSA) is 71.5 Å². The summed E-state index contributed by atoms with van der Waals surface area (Å²) >= 11 is 4.95. The summed E-state index contributed by atoms with van der Waals surface area (Å²) in [7, 11) is 1.59. The lowest BCUT2D eigenvalue weighted by molar-refractivity contribution is -0.116. The first-order valence-corrected chi connectivity index (χ1v) is 10.5. The number of halogens is 1. The molecule has 6 nitrogen and oxygen atoms in total. The number of para-hydroxylation sites is 1. The van der Waals surface area contributed by atoms with Crippen LogP contribution in [0.4, 0.5) is 5.69 Å². The Morgan fingerprint density at radius 3 is 2.72 bits per heavy atom. The van der Waals surface area contributed by atoms with Crippen LogP contribution >= 0.6 is 27.3 Å². The molecule has 0 radical (unpaired) electrons. The van der Waals surface area contributed by atoms with Crippen molar-refractivity contribution in [3.63, 3.8) is 0 Å². The molecule has 3 aromatic rings. The van der Waals surface area contributed by atoms with Crippen LogP contribution < -0.4 is 10.1 Å². The van der Waals surface area contributed by atoms with Gasteiger partial charge in [-0.05, 0) is 53.2 Å². The smallest absolute Gasteiger partial charge is 0.254 e. The van der Waals surface area contributed by atoms with E-state index in [4.69, 9.17) is 4.74 Å². The molecule has 0 bridgehead atoms. The number of nitrogens with one attached hydrogen (secondary N) is 1. The van der Waals surface area contributed by atoms with Gasteiger partial charge in [0.1, 0.15) is 12.4 Å². The molecule has 0 spiro atoms. The zero-order chi connectivity index (χ0) is 20.8. The summed E-state index contributed by atoms with van der Waals surface area (Å²) in [5, 5.41) is 5.72. The van der Waals surface area contributed by atoms with Gasteiger partial charge in [-0.15, -0.1) is 11.3 Å². The van der Waals surface area contributed by atoms with Gasteiger partial charge in [0.15, 0.2) is 0 Å².